The lowest BCUT2D eigenvalue weighted by Crippen LogP contribution is -2.57. The van der Waals surface area contributed by atoms with E-state index in [0.29, 0.717) is 13.1 Å². The van der Waals surface area contributed by atoms with Gasteiger partial charge in [-0.1, -0.05) is 30.3 Å². The van der Waals surface area contributed by atoms with E-state index in [4.69, 9.17) is 4.74 Å². The van der Waals surface area contributed by atoms with Crippen molar-refractivity contribution in [3.8, 4) is 0 Å². The molecule has 1 aromatic rings. The van der Waals surface area contributed by atoms with Gasteiger partial charge in [0.05, 0.1) is 24.8 Å². The van der Waals surface area contributed by atoms with Gasteiger partial charge in [0.25, 0.3) is 0 Å². The van der Waals surface area contributed by atoms with Crippen LogP contribution < -0.4 is 5.32 Å². The molecule has 2 aliphatic rings. The van der Waals surface area contributed by atoms with Gasteiger partial charge in [0, 0.05) is 19.6 Å². The van der Waals surface area contributed by atoms with E-state index in [9.17, 15) is 4.79 Å². The van der Waals surface area contributed by atoms with Crippen LogP contribution in [0.15, 0.2) is 30.3 Å². The lowest BCUT2D eigenvalue weighted by molar-refractivity contribution is -0.154. The summed E-state index contributed by atoms with van der Waals surface area (Å²) in [6, 6.07) is 10.5. The van der Waals surface area contributed by atoms with E-state index in [-0.39, 0.29) is 17.6 Å². The molecule has 24 heavy (non-hydrogen) atoms. The number of nitrogens with zero attached hydrogens (tertiary/aromatic N) is 2. The van der Waals surface area contributed by atoms with Crippen molar-refractivity contribution in [2.45, 2.75) is 30.9 Å². The van der Waals surface area contributed by atoms with E-state index in [1.165, 1.54) is 12.0 Å². The molecular weight excluding hydrogens is 302 g/mol. The number of rotatable bonds is 6. The highest BCUT2D eigenvalue weighted by Gasteiger charge is 2.42. The minimum atomic E-state index is 0.0503. The molecule has 1 aliphatic carbocycles. The number of nitrogens with one attached hydrogen (secondary N) is 1. The molecule has 1 atom stereocenters. The molecule has 0 unspecified atom stereocenters. The highest BCUT2D eigenvalue weighted by atomic mass is 16.5. The number of likely N-dealkylation sites (N-methyl/N-ethyl adjacent to an activating group) is 1. The van der Waals surface area contributed by atoms with Crippen LogP contribution >= 0.6 is 0 Å². The van der Waals surface area contributed by atoms with Crippen LogP contribution in [0.25, 0.3) is 0 Å². The zero-order valence-electron chi connectivity index (χ0n) is 14.8. The molecule has 1 spiro atoms. The fourth-order valence-electron chi connectivity index (χ4n) is 3.68. The Morgan fingerprint density at radius 3 is 2.71 bits per heavy atom. The second kappa shape index (κ2) is 7.64. The van der Waals surface area contributed by atoms with Gasteiger partial charge in [0.2, 0.25) is 5.91 Å². The Kier molecular flexibility index (Phi) is 5.54. The molecule has 5 nitrogen and oxygen atoms in total. The average Bonchev–Trinajstić information content (AvgIpc) is 2.54. The number of benzene rings is 1. The van der Waals surface area contributed by atoms with Gasteiger partial charge in [-0.2, -0.15) is 0 Å². The van der Waals surface area contributed by atoms with Crippen molar-refractivity contribution in [3.05, 3.63) is 35.9 Å². The number of carbonyl (C=O) groups is 1. The third-order valence-electron chi connectivity index (χ3n) is 5.26. The van der Waals surface area contributed by atoms with Crippen LogP contribution in [0.4, 0.5) is 0 Å². The average molecular weight is 331 g/mol. The van der Waals surface area contributed by atoms with Gasteiger partial charge < -0.3 is 15.0 Å². The third kappa shape index (κ3) is 4.15. The molecule has 0 bridgehead atoms. The summed E-state index contributed by atoms with van der Waals surface area (Å²) in [5.74, 6) is 0.106. The van der Waals surface area contributed by atoms with E-state index in [0.717, 1.165) is 32.5 Å². The SMILES string of the molecule is CN(C)[C@@H](CNC(=O)CN1CCOC2(CCC2)C1)c1ccccc1. The molecule has 1 amide bonds. The van der Waals surface area contributed by atoms with Gasteiger partial charge in [-0.25, -0.2) is 0 Å². The highest BCUT2D eigenvalue weighted by molar-refractivity contribution is 5.78. The van der Waals surface area contributed by atoms with Gasteiger partial charge in [-0.05, 0) is 38.9 Å². The van der Waals surface area contributed by atoms with Gasteiger partial charge >= 0.3 is 0 Å². The van der Waals surface area contributed by atoms with Crippen molar-refractivity contribution in [1.29, 1.82) is 0 Å². The summed E-state index contributed by atoms with van der Waals surface area (Å²) in [5, 5.41) is 3.11. The monoisotopic (exact) mass is 331 g/mol. The van der Waals surface area contributed by atoms with Gasteiger partial charge in [-0.3, -0.25) is 9.69 Å². The van der Waals surface area contributed by atoms with E-state index in [1.807, 2.05) is 32.3 Å². The zero-order valence-corrected chi connectivity index (χ0v) is 14.8. The number of amides is 1. The van der Waals surface area contributed by atoms with Crippen LogP contribution in [0.1, 0.15) is 30.9 Å². The summed E-state index contributed by atoms with van der Waals surface area (Å²) < 4.78 is 5.92. The van der Waals surface area contributed by atoms with Crippen LogP contribution in [0.2, 0.25) is 0 Å². The molecular formula is C19H29N3O2. The number of hydrogen-bond acceptors (Lipinski definition) is 4. The first kappa shape index (κ1) is 17.4. The lowest BCUT2D eigenvalue weighted by Gasteiger charge is -2.48. The van der Waals surface area contributed by atoms with Gasteiger partial charge in [-0.15, -0.1) is 0 Å². The lowest BCUT2D eigenvalue weighted by atomic mass is 9.79. The third-order valence-corrected chi connectivity index (χ3v) is 5.26. The zero-order chi connectivity index (χ0) is 17.0. The Labute approximate surface area is 145 Å². The summed E-state index contributed by atoms with van der Waals surface area (Å²) in [4.78, 5) is 16.8. The minimum Gasteiger partial charge on any atom is -0.372 e. The van der Waals surface area contributed by atoms with Crippen LogP contribution in [-0.4, -0.2) is 68.2 Å². The molecule has 132 valence electrons. The summed E-state index contributed by atoms with van der Waals surface area (Å²) >= 11 is 0. The van der Waals surface area contributed by atoms with Crippen LogP contribution in [-0.2, 0) is 9.53 Å². The Morgan fingerprint density at radius 1 is 1.33 bits per heavy atom. The molecule has 0 radical (unpaired) electrons. The Morgan fingerprint density at radius 2 is 2.08 bits per heavy atom. The smallest absolute Gasteiger partial charge is 0.234 e. The normalized spacial score (nSPS) is 21.5. The fourth-order valence-corrected chi connectivity index (χ4v) is 3.68. The first-order valence-corrected chi connectivity index (χ1v) is 8.92. The first-order chi connectivity index (χ1) is 11.6. The Hall–Kier alpha value is -1.43. The van der Waals surface area contributed by atoms with Crippen molar-refractivity contribution < 1.29 is 9.53 Å². The molecule has 0 aromatic heterocycles. The molecule has 1 N–H and O–H groups in total. The van der Waals surface area contributed by atoms with Crippen molar-refractivity contribution in [3.63, 3.8) is 0 Å². The largest absolute Gasteiger partial charge is 0.372 e. The second-order valence-electron chi connectivity index (χ2n) is 7.29. The molecule has 5 heteroatoms. The molecule has 1 saturated carbocycles. The van der Waals surface area contributed by atoms with Gasteiger partial charge in [0.15, 0.2) is 0 Å². The Bertz CT molecular complexity index is 543. The number of morpholine rings is 1. The van der Waals surface area contributed by atoms with E-state index in [1.54, 1.807) is 0 Å². The van der Waals surface area contributed by atoms with Gasteiger partial charge in [0.1, 0.15) is 0 Å². The summed E-state index contributed by atoms with van der Waals surface area (Å²) in [6.45, 7) is 3.60. The summed E-state index contributed by atoms with van der Waals surface area (Å²) in [7, 11) is 4.10. The summed E-state index contributed by atoms with van der Waals surface area (Å²) in [6.07, 6.45) is 3.53. The molecule has 1 aliphatic heterocycles. The number of carbonyl (C=O) groups excluding carboxylic acids is 1. The number of ether oxygens (including phenoxy) is 1. The van der Waals surface area contributed by atoms with Crippen molar-refractivity contribution >= 4 is 5.91 Å². The van der Waals surface area contributed by atoms with Crippen LogP contribution in [0.3, 0.4) is 0 Å². The molecule has 1 heterocycles. The second-order valence-corrected chi connectivity index (χ2v) is 7.29. The topological polar surface area (TPSA) is 44.8 Å². The predicted molar refractivity (Wildman–Crippen MR) is 94.9 cm³/mol. The highest BCUT2D eigenvalue weighted by Crippen LogP contribution is 2.37. The van der Waals surface area contributed by atoms with Crippen molar-refractivity contribution in [1.82, 2.24) is 15.1 Å². The quantitative estimate of drug-likeness (QED) is 0.861. The van der Waals surface area contributed by atoms with E-state index >= 15 is 0 Å². The van der Waals surface area contributed by atoms with Crippen LogP contribution in [0.5, 0.6) is 0 Å². The predicted octanol–water partition coefficient (Wildman–Crippen LogP) is 1.66. The first-order valence-electron chi connectivity index (χ1n) is 8.92. The van der Waals surface area contributed by atoms with E-state index in [2.05, 4.69) is 27.2 Å². The number of hydrogen-bond donors (Lipinski definition) is 1. The van der Waals surface area contributed by atoms with E-state index < -0.39 is 0 Å². The molecule has 2 fully saturated rings. The molecule has 1 aromatic carbocycles. The fraction of sp³-hybridized carbons (Fsp3) is 0.632. The Balaban J connectivity index is 1.49. The molecule has 1 saturated heterocycles. The standard InChI is InChI=1S/C19H29N3O2/c1-21(2)17(16-7-4-3-5-8-16)13-20-18(23)14-22-11-12-24-19(15-22)9-6-10-19/h3-5,7-8,17H,6,9-15H2,1-2H3,(H,20,23)/t17-/m0/s1. The minimum absolute atomic E-state index is 0.0503. The molecule has 3 rings (SSSR count). The summed E-state index contributed by atoms with van der Waals surface area (Å²) in [5.41, 5.74) is 1.27. The van der Waals surface area contributed by atoms with Crippen molar-refractivity contribution in [2.75, 3.05) is 46.9 Å². The van der Waals surface area contributed by atoms with Crippen molar-refractivity contribution in [2.24, 2.45) is 0 Å². The maximum absolute atomic E-state index is 12.4. The van der Waals surface area contributed by atoms with Crippen LogP contribution in [0, 0.1) is 0 Å². The maximum Gasteiger partial charge on any atom is 0.234 e. The maximum atomic E-state index is 12.4.